The first-order valence-electron chi connectivity index (χ1n) is 6.11. The van der Waals surface area contributed by atoms with Gasteiger partial charge in [0.25, 0.3) is 0 Å². The highest BCUT2D eigenvalue weighted by molar-refractivity contribution is 5.95. The summed E-state index contributed by atoms with van der Waals surface area (Å²) in [5, 5.41) is 2.68. The molecule has 0 unspecified atom stereocenters. The largest absolute Gasteiger partial charge is 0.428 e. The van der Waals surface area contributed by atoms with E-state index in [-0.39, 0.29) is 17.4 Å². The maximum absolute atomic E-state index is 11.7. The molecule has 0 fully saturated rings. The van der Waals surface area contributed by atoms with Gasteiger partial charge >= 0.3 is 11.9 Å². The monoisotopic (exact) mass is 279 g/mol. The molecule has 0 atom stereocenters. The van der Waals surface area contributed by atoms with E-state index in [1.807, 2.05) is 0 Å². The predicted octanol–water partition coefficient (Wildman–Crippen LogP) is 1.96. The number of hydrogen-bond donors (Lipinski definition) is 1. The average molecular weight is 279 g/mol. The molecule has 1 aromatic rings. The number of benzene rings is 1. The number of esters is 2. The van der Waals surface area contributed by atoms with Crippen LogP contribution in [0.5, 0.6) is 0 Å². The summed E-state index contributed by atoms with van der Waals surface area (Å²) >= 11 is 0. The Morgan fingerprint density at radius 3 is 2.50 bits per heavy atom. The van der Waals surface area contributed by atoms with Gasteiger partial charge in [-0.3, -0.25) is 9.59 Å². The van der Waals surface area contributed by atoms with Crippen molar-refractivity contribution in [3.63, 3.8) is 0 Å². The van der Waals surface area contributed by atoms with Gasteiger partial charge in [-0.15, -0.1) is 0 Å². The highest BCUT2D eigenvalue weighted by atomic mass is 16.7. The number of anilines is 1. The molecule has 6 nitrogen and oxygen atoms in total. The van der Waals surface area contributed by atoms with Gasteiger partial charge in [-0.2, -0.15) is 0 Å². The number of ether oxygens (including phenoxy) is 2. The van der Waals surface area contributed by atoms with Crippen LogP contribution in [0.1, 0.15) is 31.1 Å². The molecular formula is C14H17NO5. The Morgan fingerprint density at radius 2 is 1.90 bits per heavy atom. The molecule has 0 aromatic heterocycles. The molecule has 0 saturated carbocycles. The summed E-state index contributed by atoms with van der Waals surface area (Å²) in [5.41, 5.74) is 0.768. The second-order valence-electron chi connectivity index (χ2n) is 4.41. The third-order valence-electron chi connectivity index (χ3n) is 2.34. The fraction of sp³-hybridized carbons (Fsp3) is 0.357. The lowest BCUT2D eigenvalue weighted by Gasteiger charge is -2.09. The molecule has 0 heterocycles. The van der Waals surface area contributed by atoms with Gasteiger partial charge in [0.2, 0.25) is 12.7 Å². The summed E-state index contributed by atoms with van der Waals surface area (Å²) in [6, 6.07) is 6.33. The maximum Gasteiger partial charge on any atom is 0.341 e. The van der Waals surface area contributed by atoms with E-state index in [1.54, 1.807) is 32.0 Å². The van der Waals surface area contributed by atoms with Gasteiger partial charge in [-0.1, -0.05) is 19.9 Å². The molecule has 0 saturated heterocycles. The zero-order valence-electron chi connectivity index (χ0n) is 11.6. The molecule has 1 aromatic carbocycles. The average Bonchev–Trinajstić information content (AvgIpc) is 2.38. The van der Waals surface area contributed by atoms with Crippen LogP contribution in [0.3, 0.4) is 0 Å². The molecule has 0 spiro atoms. The normalized spacial score (nSPS) is 10.0. The summed E-state index contributed by atoms with van der Waals surface area (Å²) in [4.78, 5) is 33.8. The maximum atomic E-state index is 11.7. The summed E-state index contributed by atoms with van der Waals surface area (Å²) < 4.78 is 9.26. The van der Waals surface area contributed by atoms with Crippen molar-refractivity contribution in [1.82, 2.24) is 0 Å². The SMILES string of the molecule is CC(=O)OCOC(=O)c1cccc(NC(=O)C(C)C)c1. The number of rotatable bonds is 5. The lowest BCUT2D eigenvalue weighted by Crippen LogP contribution is -2.18. The number of carbonyl (C=O) groups is 3. The van der Waals surface area contributed by atoms with Crippen LogP contribution in [-0.4, -0.2) is 24.6 Å². The fourth-order valence-electron chi connectivity index (χ4n) is 1.26. The molecule has 0 radical (unpaired) electrons. The van der Waals surface area contributed by atoms with Crippen molar-refractivity contribution in [2.75, 3.05) is 12.1 Å². The number of amides is 1. The third-order valence-corrected chi connectivity index (χ3v) is 2.34. The van der Waals surface area contributed by atoms with Crippen LogP contribution in [0, 0.1) is 5.92 Å². The van der Waals surface area contributed by atoms with Gasteiger partial charge in [0.05, 0.1) is 5.56 Å². The van der Waals surface area contributed by atoms with Gasteiger partial charge in [0.15, 0.2) is 0 Å². The minimum Gasteiger partial charge on any atom is -0.428 e. The quantitative estimate of drug-likeness (QED) is 0.658. The van der Waals surface area contributed by atoms with Gasteiger partial charge < -0.3 is 14.8 Å². The minimum atomic E-state index is -0.633. The lowest BCUT2D eigenvalue weighted by atomic mass is 10.1. The zero-order valence-corrected chi connectivity index (χ0v) is 11.6. The Labute approximate surface area is 117 Å². The first kappa shape index (κ1) is 15.7. The van der Waals surface area contributed by atoms with Crippen LogP contribution in [0.25, 0.3) is 0 Å². The van der Waals surface area contributed by atoms with E-state index in [0.29, 0.717) is 5.69 Å². The smallest absolute Gasteiger partial charge is 0.341 e. The highest BCUT2D eigenvalue weighted by Crippen LogP contribution is 2.13. The van der Waals surface area contributed by atoms with E-state index in [1.165, 1.54) is 13.0 Å². The molecule has 108 valence electrons. The zero-order chi connectivity index (χ0) is 15.1. The van der Waals surface area contributed by atoms with Crippen LogP contribution < -0.4 is 5.32 Å². The molecule has 6 heteroatoms. The van der Waals surface area contributed by atoms with E-state index >= 15 is 0 Å². The van der Waals surface area contributed by atoms with Gasteiger partial charge in [0, 0.05) is 18.5 Å². The topological polar surface area (TPSA) is 81.7 Å². The van der Waals surface area contributed by atoms with Crippen LogP contribution in [0.2, 0.25) is 0 Å². The molecule has 0 aliphatic rings. The van der Waals surface area contributed by atoms with Crippen LogP contribution in [0.15, 0.2) is 24.3 Å². The third kappa shape index (κ3) is 5.09. The van der Waals surface area contributed by atoms with Crippen molar-refractivity contribution in [2.45, 2.75) is 20.8 Å². The molecule has 0 bridgehead atoms. The van der Waals surface area contributed by atoms with E-state index in [0.717, 1.165) is 0 Å². The van der Waals surface area contributed by atoms with E-state index in [2.05, 4.69) is 10.1 Å². The van der Waals surface area contributed by atoms with Crippen LogP contribution in [-0.2, 0) is 19.1 Å². The van der Waals surface area contributed by atoms with Crippen molar-refractivity contribution in [2.24, 2.45) is 5.92 Å². The Balaban J connectivity index is 2.65. The minimum absolute atomic E-state index is 0.143. The number of hydrogen-bond acceptors (Lipinski definition) is 5. The molecular weight excluding hydrogens is 262 g/mol. The lowest BCUT2D eigenvalue weighted by molar-refractivity contribution is -0.149. The summed E-state index contributed by atoms with van der Waals surface area (Å²) in [5.74, 6) is -1.47. The summed E-state index contributed by atoms with van der Waals surface area (Å²) in [6.07, 6.45) is 0. The molecule has 1 amide bonds. The number of nitrogens with one attached hydrogen (secondary N) is 1. The molecule has 1 N–H and O–H groups in total. The molecule has 1 rings (SSSR count). The Hall–Kier alpha value is -2.37. The summed E-state index contributed by atoms with van der Waals surface area (Å²) in [7, 11) is 0. The fourth-order valence-corrected chi connectivity index (χ4v) is 1.26. The second kappa shape index (κ2) is 7.28. The number of carbonyl (C=O) groups excluding carboxylic acids is 3. The predicted molar refractivity (Wildman–Crippen MR) is 72.0 cm³/mol. The summed E-state index contributed by atoms with van der Waals surface area (Å²) in [6.45, 7) is 4.33. The Morgan fingerprint density at radius 1 is 1.20 bits per heavy atom. The Kier molecular flexibility index (Phi) is 5.71. The molecule has 20 heavy (non-hydrogen) atoms. The first-order valence-corrected chi connectivity index (χ1v) is 6.11. The molecule has 0 aliphatic heterocycles. The van der Waals surface area contributed by atoms with Crippen molar-refractivity contribution in [3.05, 3.63) is 29.8 Å². The van der Waals surface area contributed by atoms with Crippen LogP contribution in [0.4, 0.5) is 5.69 Å². The van der Waals surface area contributed by atoms with Gasteiger partial charge in [0.1, 0.15) is 0 Å². The molecule has 0 aliphatic carbocycles. The first-order chi connectivity index (χ1) is 9.40. The van der Waals surface area contributed by atoms with Gasteiger partial charge in [-0.05, 0) is 18.2 Å². The van der Waals surface area contributed by atoms with E-state index in [4.69, 9.17) is 4.74 Å². The second-order valence-corrected chi connectivity index (χ2v) is 4.41. The van der Waals surface area contributed by atoms with E-state index < -0.39 is 18.7 Å². The van der Waals surface area contributed by atoms with Crippen molar-refractivity contribution >= 4 is 23.5 Å². The van der Waals surface area contributed by atoms with Crippen molar-refractivity contribution in [3.8, 4) is 0 Å². The van der Waals surface area contributed by atoms with E-state index in [9.17, 15) is 14.4 Å². The highest BCUT2D eigenvalue weighted by Gasteiger charge is 2.11. The van der Waals surface area contributed by atoms with Crippen LogP contribution >= 0.6 is 0 Å². The van der Waals surface area contributed by atoms with Crippen molar-refractivity contribution < 1.29 is 23.9 Å². The Bertz CT molecular complexity index is 510. The standard InChI is InChI=1S/C14H17NO5/c1-9(2)13(17)15-12-6-4-5-11(7-12)14(18)20-8-19-10(3)16/h4-7,9H,8H2,1-3H3,(H,15,17). The van der Waals surface area contributed by atoms with Crippen molar-refractivity contribution in [1.29, 1.82) is 0 Å². The van der Waals surface area contributed by atoms with Gasteiger partial charge in [-0.25, -0.2) is 4.79 Å².